The normalized spacial score (nSPS) is 33.0. The maximum atomic E-state index is 1.97. The van der Waals surface area contributed by atoms with Crippen LogP contribution in [0.15, 0.2) is 0 Å². The lowest BCUT2D eigenvalue weighted by molar-refractivity contribution is -0.946. The first kappa shape index (κ1) is 19.4. The molecule has 2 nitrogen and oxygen atoms in total. The predicted octanol–water partition coefficient (Wildman–Crippen LogP) is -5.56. The molecule has 1 saturated carbocycles. The van der Waals surface area contributed by atoms with Crippen molar-refractivity contribution in [3.05, 3.63) is 0 Å². The van der Waals surface area contributed by atoms with Gasteiger partial charge in [0.05, 0.1) is 38.3 Å². The first-order chi connectivity index (χ1) is 8.93. The third-order valence-corrected chi connectivity index (χ3v) is 5.87. The van der Waals surface area contributed by atoms with E-state index >= 15 is 0 Å². The van der Waals surface area contributed by atoms with E-state index in [4.69, 9.17) is 0 Å². The van der Waals surface area contributed by atoms with E-state index in [-0.39, 0.29) is 48.0 Å². The third-order valence-electron chi connectivity index (χ3n) is 5.87. The molecular weight excluding hydrogens is 474 g/mol. The highest BCUT2D eigenvalue weighted by molar-refractivity contribution is 4.72. The van der Waals surface area contributed by atoms with Gasteiger partial charge in [0.25, 0.3) is 0 Å². The maximum Gasteiger partial charge on any atom is 0.0879 e. The van der Waals surface area contributed by atoms with E-state index in [9.17, 15) is 0 Å². The second-order valence-corrected chi connectivity index (χ2v) is 6.99. The Morgan fingerprint density at radius 2 is 0.750 bits per heavy atom. The van der Waals surface area contributed by atoms with Crippen LogP contribution in [0.3, 0.4) is 0 Å². The first-order valence-corrected chi connectivity index (χ1v) is 8.62. The summed E-state index contributed by atoms with van der Waals surface area (Å²) in [5, 5.41) is 0. The summed E-state index contributed by atoms with van der Waals surface area (Å²) in [7, 11) is 0. The molecule has 2 aliphatic heterocycles. The minimum atomic E-state index is 0. The molecule has 0 unspecified atom stereocenters. The number of rotatable bonds is 2. The summed E-state index contributed by atoms with van der Waals surface area (Å²) in [5.74, 6) is 0. The first-order valence-electron chi connectivity index (χ1n) is 8.62. The quantitative estimate of drug-likeness (QED) is 0.346. The van der Waals surface area contributed by atoms with Gasteiger partial charge < -0.3 is 57.8 Å². The van der Waals surface area contributed by atoms with E-state index in [0.29, 0.717) is 0 Å². The Morgan fingerprint density at radius 1 is 0.450 bits per heavy atom. The number of hydrogen-bond acceptors (Lipinski definition) is 0. The summed E-state index contributed by atoms with van der Waals surface area (Å²) in [6.45, 7) is 5.91. The van der Waals surface area contributed by atoms with Gasteiger partial charge in [-0.3, -0.25) is 0 Å². The highest BCUT2D eigenvalue weighted by atomic mass is 127. The zero-order valence-corrected chi connectivity index (χ0v) is 17.1. The molecule has 2 saturated heterocycles. The number of hydrogen-bond donors (Lipinski definition) is 2. The lowest BCUT2D eigenvalue weighted by Crippen LogP contribution is -3.18. The number of likely N-dealkylation sites (tertiary alicyclic amines) is 2. The van der Waals surface area contributed by atoms with Gasteiger partial charge >= 0.3 is 0 Å². The molecule has 2 heterocycles. The van der Waals surface area contributed by atoms with Crippen LogP contribution in [0.5, 0.6) is 0 Å². The third kappa shape index (κ3) is 5.23. The monoisotopic (exact) mass is 506 g/mol. The molecule has 0 bridgehead atoms. The van der Waals surface area contributed by atoms with E-state index in [1.165, 1.54) is 90.4 Å². The SMILES string of the molecule is C1CC[NH+](C2CCC([NH+]3CCCCC3)CC2)CC1.[I-].[I-]. The van der Waals surface area contributed by atoms with Crippen molar-refractivity contribution in [1.82, 2.24) is 0 Å². The molecule has 2 N–H and O–H groups in total. The van der Waals surface area contributed by atoms with Crippen LogP contribution in [0.1, 0.15) is 64.2 Å². The maximum absolute atomic E-state index is 1.97. The zero-order chi connectivity index (χ0) is 12.2. The van der Waals surface area contributed by atoms with Crippen molar-refractivity contribution in [2.45, 2.75) is 76.3 Å². The average Bonchev–Trinajstić information content (AvgIpc) is 2.49. The van der Waals surface area contributed by atoms with Gasteiger partial charge in [0.15, 0.2) is 0 Å². The van der Waals surface area contributed by atoms with Crippen LogP contribution < -0.4 is 57.8 Å². The van der Waals surface area contributed by atoms with Crippen molar-refractivity contribution in [3.8, 4) is 0 Å². The molecule has 0 amide bonds. The minimum Gasteiger partial charge on any atom is -1.00 e. The van der Waals surface area contributed by atoms with E-state index < -0.39 is 0 Å². The van der Waals surface area contributed by atoms with E-state index in [0.717, 1.165) is 12.1 Å². The van der Waals surface area contributed by atoms with Gasteiger partial charge in [0.2, 0.25) is 0 Å². The Balaban J connectivity index is 0.000001000. The molecule has 3 rings (SSSR count). The van der Waals surface area contributed by atoms with Gasteiger partial charge in [-0.15, -0.1) is 0 Å². The molecule has 3 fully saturated rings. The second kappa shape index (κ2) is 10.2. The molecule has 3 aliphatic rings. The van der Waals surface area contributed by atoms with Crippen molar-refractivity contribution >= 4 is 0 Å². The summed E-state index contributed by atoms with van der Waals surface area (Å²) < 4.78 is 0. The number of piperidine rings is 2. The lowest BCUT2D eigenvalue weighted by Gasteiger charge is -2.39. The summed E-state index contributed by atoms with van der Waals surface area (Å²) in [4.78, 5) is 3.93. The number of halogens is 2. The van der Waals surface area contributed by atoms with Gasteiger partial charge in [-0.25, -0.2) is 0 Å². The number of nitrogens with one attached hydrogen (secondary N) is 2. The number of quaternary nitrogens is 2. The summed E-state index contributed by atoms with van der Waals surface area (Å²) in [5.41, 5.74) is 0. The Kier molecular flexibility index (Phi) is 9.92. The predicted molar refractivity (Wildman–Crippen MR) is 75.1 cm³/mol. The molecular formula is C16H32I2N2. The summed E-state index contributed by atoms with van der Waals surface area (Å²) >= 11 is 0. The molecule has 0 aromatic carbocycles. The molecule has 20 heavy (non-hydrogen) atoms. The smallest absolute Gasteiger partial charge is 0.0879 e. The summed E-state index contributed by atoms with van der Waals surface area (Å²) in [6, 6.07) is 2.07. The van der Waals surface area contributed by atoms with Gasteiger partial charge in [0.1, 0.15) is 0 Å². The summed E-state index contributed by atoms with van der Waals surface area (Å²) in [6.07, 6.45) is 15.1. The van der Waals surface area contributed by atoms with Crippen molar-refractivity contribution in [2.75, 3.05) is 26.2 Å². The Bertz CT molecular complexity index is 217. The standard InChI is InChI=1S/C16H30N2.2HI/c1-3-11-17(12-4-1)15-7-9-16(10-8-15)18-13-5-2-6-14-18;;/h15-16H,1-14H2;2*1H. The van der Waals surface area contributed by atoms with Crippen molar-refractivity contribution < 1.29 is 57.8 Å². The second-order valence-electron chi connectivity index (χ2n) is 6.99. The molecule has 4 heteroatoms. The van der Waals surface area contributed by atoms with Crippen molar-refractivity contribution in [1.29, 1.82) is 0 Å². The minimum absolute atomic E-state index is 0. The van der Waals surface area contributed by atoms with Gasteiger partial charge in [-0.05, 0) is 38.5 Å². The van der Waals surface area contributed by atoms with Gasteiger partial charge in [0, 0.05) is 25.7 Å². The Morgan fingerprint density at radius 3 is 1.05 bits per heavy atom. The van der Waals surface area contributed by atoms with Crippen LogP contribution >= 0.6 is 0 Å². The highest BCUT2D eigenvalue weighted by Gasteiger charge is 2.34. The molecule has 0 aromatic rings. The van der Waals surface area contributed by atoms with Gasteiger partial charge in [-0.2, -0.15) is 0 Å². The Hall–Kier alpha value is 1.38. The zero-order valence-electron chi connectivity index (χ0n) is 12.8. The van der Waals surface area contributed by atoms with E-state index in [1.807, 2.05) is 9.80 Å². The van der Waals surface area contributed by atoms with Gasteiger partial charge in [-0.1, -0.05) is 0 Å². The van der Waals surface area contributed by atoms with Crippen molar-refractivity contribution in [2.24, 2.45) is 0 Å². The van der Waals surface area contributed by atoms with Crippen LogP contribution in [-0.2, 0) is 0 Å². The molecule has 0 atom stereocenters. The van der Waals surface area contributed by atoms with Crippen molar-refractivity contribution in [3.63, 3.8) is 0 Å². The average molecular weight is 506 g/mol. The van der Waals surface area contributed by atoms with Crippen LogP contribution in [-0.4, -0.2) is 38.3 Å². The van der Waals surface area contributed by atoms with E-state index in [1.54, 1.807) is 0 Å². The Labute approximate surface area is 159 Å². The lowest BCUT2D eigenvalue weighted by atomic mass is 9.87. The van der Waals surface area contributed by atoms with Crippen LogP contribution in [0.4, 0.5) is 0 Å². The molecule has 1 aliphatic carbocycles. The molecule has 120 valence electrons. The fraction of sp³-hybridized carbons (Fsp3) is 1.00. The molecule has 0 spiro atoms. The largest absolute Gasteiger partial charge is 1.00 e. The molecule has 0 radical (unpaired) electrons. The van der Waals surface area contributed by atoms with E-state index in [2.05, 4.69) is 0 Å². The fourth-order valence-corrected chi connectivity index (χ4v) is 4.74. The van der Waals surface area contributed by atoms with Crippen LogP contribution in [0.25, 0.3) is 0 Å². The van der Waals surface area contributed by atoms with Crippen LogP contribution in [0.2, 0.25) is 0 Å². The highest BCUT2D eigenvalue weighted by Crippen LogP contribution is 2.16. The topological polar surface area (TPSA) is 8.88 Å². The fourth-order valence-electron chi connectivity index (χ4n) is 4.74. The van der Waals surface area contributed by atoms with Crippen LogP contribution in [0, 0.1) is 0 Å². The molecule has 0 aromatic heterocycles.